The zero-order valence-corrected chi connectivity index (χ0v) is 16.4. The second kappa shape index (κ2) is 7.76. The van der Waals surface area contributed by atoms with Gasteiger partial charge in [0.2, 0.25) is 0 Å². The monoisotopic (exact) mass is 406 g/mol. The number of nitrogens with zero attached hydrogens (tertiary/aromatic N) is 1. The molecule has 3 aromatic carbocycles. The summed E-state index contributed by atoms with van der Waals surface area (Å²) in [5.41, 5.74) is 3.06. The van der Waals surface area contributed by atoms with Crippen molar-refractivity contribution in [1.29, 1.82) is 0 Å². The Balaban J connectivity index is 1.58. The minimum absolute atomic E-state index is 0.178. The minimum Gasteiger partial charge on any atom is -0.353 e. The number of carbonyl (C=O) groups is 1. The van der Waals surface area contributed by atoms with E-state index in [-0.39, 0.29) is 11.5 Å². The Labute approximate surface area is 177 Å². The summed E-state index contributed by atoms with van der Waals surface area (Å²) < 4.78 is 0. The van der Waals surface area contributed by atoms with Crippen molar-refractivity contribution >= 4 is 44.8 Å². The van der Waals surface area contributed by atoms with Gasteiger partial charge in [-0.15, -0.1) is 0 Å². The molecule has 0 saturated carbocycles. The van der Waals surface area contributed by atoms with Gasteiger partial charge in [0.25, 0.3) is 11.5 Å². The van der Waals surface area contributed by atoms with Crippen molar-refractivity contribution in [2.45, 2.75) is 0 Å². The summed E-state index contributed by atoms with van der Waals surface area (Å²) in [6, 6.07) is 25.8. The van der Waals surface area contributed by atoms with Crippen LogP contribution < -0.4 is 16.2 Å². The van der Waals surface area contributed by atoms with Gasteiger partial charge in [0.05, 0.1) is 17.1 Å². The molecule has 6 heteroatoms. The van der Waals surface area contributed by atoms with E-state index in [0.717, 1.165) is 22.1 Å². The van der Waals surface area contributed by atoms with Crippen LogP contribution in [-0.2, 0) is 0 Å². The van der Waals surface area contributed by atoms with Crippen molar-refractivity contribution in [3.05, 3.63) is 107 Å². The summed E-state index contributed by atoms with van der Waals surface area (Å²) >= 11 is 0. The van der Waals surface area contributed by atoms with Gasteiger partial charge in [0.1, 0.15) is 5.65 Å². The lowest BCUT2D eigenvalue weighted by Gasteiger charge is -2.15. The third-order valence-corrected chi connectivity index (χ3v) is 5.10. The Morgan fingerprint density at radius 3 is 2.23 bits per heavy atom. The Bertz CT molecular complexity index is 1480. The highest BCUT2D eigenvalue weighted by molar-refractivity contribution is 6.11. The van der Waals surface area contributed by atoms with Gasteiger partial charge in [0.15, 0.2) is 0 Å². The molecule has 2 heterocycles. The molecule has 5 aromatic rings. The number of hydrogen-bond donors (Lipinski definition) is 3. The number of pyridine rings is 2. The van der Waals surface area contributed by atoms with E-state index in [9.17, 15) is 9.59 Å². The Kier molecular flexibility index (Phi) is 4.65. The number of para-hydroxylation sites is 2. The SMILES string of the molecule is O=C(Nc1ccccc1Nc1ccnc2[nH]c(=O)c3ccccc3c12)c1ccccc1. The van der Waals surface area contributed by atoms with Gasteiger partial charge in [-0.2, -0.15) is 0 Å². The number of nitrogens with one attached hydrogen (secondary N) is 3. The number of rotatable bonds is 4. The fraction of sp³-hybridized carbons (Fsp3) is 0. The Hall–Kier alpha value is -4.45. The van der Waals surface area contributed by atoms with Crippen LogP contribution in [0.25, 0.3) is 21.8 Å². The fourth-order valence-electron chi connectivity index (χ4n) is 3.64. The number of benzene rings is 3. The van der Waals surface area contributed by atoms with Crippen LogP contribution in [-0.4, -0.2) is 15.9 Å². The van der Waals surface area contributed by atoms with Gasteiger partial charge in [-0.1, -0.05) is 48.5 Å². The molecule has 0 radical (unpaired) electrons. The molecule has 2 aromatic heterocycles. The second-order valence-electron chi connectivity index (χ2n) is 7.07. The number of fused-ring (bicyclic) bond motifs is 3. The molecule has 0 aliphatic carbocycles. The third-order valence-electron chi connectivity index (χ3n) is 5.10. The standard InChI is InChI=1S/C25H18N4O2/c30-24(16-8-2-1-3-9-16)28-20-13-7-6-12-19(20)27-21-14-15-26-23-22(21)17-10-4-5-11-18(17)25(31)29-23/h1-15H,(H,28,30)(H2,26,27,29,31). The van der Waals surface area contributed by atoms with Crippen LogP contribution >= 0.6 is 0 Å². The van der Waals surface area contributed by atoms with Crippen molar-refractivity contribution in [3.8, 4) is 0 Å². The largest absolute Gasteiger partial charge is 0.353 e. The van der Waals surface area contributed by atoms with Gasteiger partial charge >= 0.3 is 0 Å². The van der Waals surface area contributed by atoms with E-state index in [1.807, 2.05) is 66.7 Å². The molecule has 0 unspecified atom stereocenters. The number of amides is 1. The second-order valence-corrected chi connectivity index (χ2v) is 7.07. The van der Waals surface area contributed by atoms with Crippen LogP contribution in [0, 0.1) is 0 Å². The average molecular weight is 406 g/mol. The summed E-state index contributed by atoms with van der Waals surface area (Å²) in [6.07, 6.45) is 1.64. The van der Waals surface area contributed by atoms with E-state index >= 15 is 0 Å². The van der Waals surface area contributed by atoms with Crippen LogP contribution in [0.5, 0.6) is 0 Å². The number of hydrogen-bond acceptors (Lipinski definition) is 4. The van der Waals surface area contributed by atoms with E-state index in [4.69, 9.17) is 0 Å². The lowest BCUT2D eigenvalue weighted by atomic mass is 10.1. The molecule has 0 bridgehead atoms. The number of H-pyrrole nitrogens is 1. The molecule has 0 aliphatic heterocycles. The van der Waals surface area contributed by atoms with Gasteiger partial charge in [-0.25, -0.2) is 4.98 Å². The van der Waals surface area contributed by atoms with E-state index in [0.29, 0.717) is 22.3 Å². The molecule has 0 fully saturated rings. The molecule has 0 atom stereocenters. The van der Waals surface area contributed by atoms with Gasteiger partial charge in [-0.05, 0) is 36.4 Å². The number of aromatic nitrogens is 2. The first-order valence-corrected chi connectivity index (χ1v) is 9.83. The van der Waals surface area contributed by atoms with E-state index in [1.54, 1.807) is 24.4 Å². The van der Waals surface area contributed by atoms with Crippen molar-refractivity contribution in [2.24, 2.45) is 0 Å². The van der Waals surface area contributed by atoms with Crippen molar-refractivity contribution in [2.75, 3.05) is 10.6 Å². The number of anilines is 3. The summed E-state index contributed by atoms with van der Waals surface area (Å²) in [5, 5.41) is 8.58. The van der Waals surface area contributed by atoms with Crippen molar-refractivity contribution in [3.63, 3.8) is 0 Å². The fourth-order valence-corrected chi connectivity index (χ4v) is 3.64. The molecule has 150 valence electrons. The first-order valence-electron chi connectivity index (χ1n) is 9.83. The predicted octanol–water partition coefficient (Wildman–Crippen LogP) is 5.07. The van der Waals surface area contributed by atoms with Crippen LogP contribution in [0.2, 0.25) is 0 Å². The van der Waals surface area contributed by atoms with Crippen LogP contribution in [0.1, 0.15) is 10.4 Å². The zero-order chi connectivity index (χ0) is 21.2. The van der Waals surface area contributed by atoms with E-state index in [1.165, 1.54) is 0 Å². The summed E-state index contributed by atoms with van der Waals surface area (Å²) in [4.78, 5) is 32.3. The highest BCUT2D eigenvalue weighted by atomic mass is 16.1. The molecule has 31 heavy (non-hydrogen) atoms. The quantitative estimate of drug-likeness (QED) is 0.364. The van der Waals surface area contributed by atoms with Crippen LogP contribution in [0.4, 0.5) is 17.1 Å². The maximum atomic E-state index is 12.7. The summed E-state index contributed by atoms with van der Waals surface area (Å²) in [7, 11) is 0. The topological polar surface area (TPSA) is 86.9 Å². The molecule has 0 spiro atoms. The maximum absolute atomic E-state index is 12.7. The van der Waals surface area contributed by atoms with Gasteiger partial charge < -0.3 is 15.6 Å². The normalized spacial score (nSPS) is 10.8. The first kappa shape index (κ1) is 18.6. The molecular weight excluding hydrogens is 388 g/mol. The van der Waals surface area contributed by atoms with Crippen LogP contribution in [0.3, 0.4) is 0 Å². The van der Waals surface area contributed by atoms with E-state index in [2.05, 4.69) is 20.6 Å². The summed E-state index contributed by atoms with van der Waals surface area (Å²) in [5.74, 6) is -0.191. The Morgan fingerprint density at radius 1 is 0.742 bits per heavy atom. The lowest BCUT2D eigenvalue weighted by molar-refractivity contribution is 0.102. The predicted molar refractivity (Wildman–Crippen MR) is 124 cm³/mol. The highest BCUT2D eigenvalue weighted by Crippen LogP contribution is 2.32. The lowest BCUT2D eigenvalue weighted by Crippen LogP contribution is -2.13. The highest BCUT2D eigenvalue weighted by Gasteiger charge is 2.13. The molecule has 0 aliphatic rings. The first-order chi connectivity index (χ1) is 15.2. The maximum Gasteiger partial charge on any atom is 0.257 e. The van der Waals surface area contributed by atoms with Gasteiger partial charge in [0, 0.05) is 27.9 Å². The Morgan fingerprint density at radius 2 is 1.42 bits per heavy atom. The van der Waals surface area contributed by atoms with Crippen molar-refractivity contribution in [1.82, 2.24) is 9.97 Å². The smallest absolute Gasteiger partial charge is 0.257 e. The molecular formula is C25H18N4O2. The van der Waals surface area contributed by atoms with Crippen molar-refractivity contribution < 1.29 is 4.79 Å². The molecule has 1 amide bonds. The number of aromatic amines is 1. The number of carbonyl (C=O) groups excluding carboxylic acids is 1. The summed E-state index contributed by atoms with van der Waals surface area (Å²) in [6.45, 7) is 0. The molecule has 6 nitrogen and oxygen atoms in total. The molecule has 3 N–H and O–H groups in total. The van der Waals surface area contributed by atoms with E-state index < -0.39 is 0 Å². The van der Waals surface area contributed by atoms with Gasteiger partial charge in [-0.3, -0.25) is 9.59 Å². The van der Waals surface area contributed by atoms with Crippen LogP contribution in [0.15, 0.2) is 95.9 Å². The zero-order valence-electron chi connectivity index (χ0n) is 16.4. The average Bonchev–Trinajstić information content (AvgIpc) is 2.81. The minimum atomic E-state index is -0.191. The molecule has 0 saturated heterocycles. The molecule has 5 rings (SSSR count). The third kappa shape index (κ3) is 3.51.